The molecule has 0 amide bonds. The van der Waals surface area contributed by atoms with Crippen LogP contribution < -0.4 is 4.74 Å². The summed E-state index contributed by atoms with van der Waals surface area (Å²) < 4.78 is 23.7. The minimum atomic E-state index is -1.31. The second-order valence-corrected chi connectivity index (χ2v) is 7.87. The molecule has 1 aromatic carbocycles. The zero-order valence-corrected chi connectivity index (χ0v) is 15.4. The molecule has 1 unspecified atom stereocenters. The van der Waals surface area contributed by atoms with Crippen LogP contribution in [0.4, 0.5) is 0 Å². The molecule has 1 atom stereocenters. The monoisotopic (exact) mass is 371 g/mol. The van der Waals surface area contributed by atoms with Crippen molar-refractivity contribution in [3.8, 4) is 5.75 Å². The van der Waals surface area contributed by atoms with Crippen molar-refractivity contribution < 1.29 is 13.7 Å². The number of pyridine rings is 1. The summed E-state index contributed by atoms with van der Waals surface area (Å²) in [5.41, 5.74) is 3.32. The Bertz CT molecular complexity index is 937. The fourth-order valence-corrected chi connectivity index (χ4v) is 3.81. The maximum atomic E-state index is 12.8. The van der Waals surface area contributed by atoms with Gasteiger partial charge in [0.15, 0.2) is 5.16 Å². The molecule has 2 aromatic heterocycles. The maximum Gasteiger partial charge on any atom is 0.197 e. The van der Waals surface area contributed by atoms with Gasteiger partial charge in [0.2, 0.25) is 0 Å². The molecule has 6 nitrogen and oxygen atoms in total. The van der Waals surface area contributed by atoms with Crippen LogP contribution in [0.2, 0.25) is 0 Å². The SMILES string of the molecule is COCc1cccnc1CS(=O)c1nc2ccc(OCC3CC3)cc2[nH]1. The van der Waals surface area contributed by atoms with Crippen molar-refractivity contribution in [1.29, 1.82) is 0 Å². The van der Waals surface area contributed by atoms with Gasteiger partial charge in [-0.05, 0) is 37.0 Å². The molecule has 26 heavy (non-hydrogen) atoms. The van der Waals surface area contributed by atoms with Gasteiger partial charge in [0.05, 0.1) is 46.5 Å². The lowest BCUT2D eigenvalue weighted by Gasteiger charge is -2.06. The summed E-state index contributed by atoms with van der Waals surface area (Å²) in [5.74, 6) is 1.82. The van der Waals surface area contributed by atoms with Gasteiger partial charge < -0.3 is 14.5 Å². The first-order valence-electron chi connectivity index (χ1n) is 8.65. The Morgan fingerprint density at radius 2 is 2.19 bits per heavy atom. The first kappa shape index (κ1) is 17.2. The molecule has 0 aliphatic heterocycles. The lowest BCUT2D eigenvalue weighted by molar-refractivity contribution is 0.184. The average Bonchev–Trinajstić information content (AvgIpc) is 3.38. The largest absolute Gasteiger partial charge is 0.493 e. The number of ether oxygens (including phenoxy) is 2. The van der Waals surface area contributed by atoms with E-state index >= 15 is 0 Å². The topological polar surface area (TPSA) is 77.1 Å². The second-order valence-electron chi connectivity index (χ2n) is 6.51. The van der Waals surface area contributed by atoms with Gasteiger partial charge in [-0.2, -0.15) is 0 Å². The van der Waals surface area contributed by atoms with Gasteiger partial charge in [-0.3, -0.25) is 9.19 Å². The molecule has 0 spiro atoms. The van der Waals surface area contributed by atoms with Crippen LogP contribution in [0.1, 0.15) is 24.1 Å². The highest BCUT2D eigenvalue weighted by Crippen LogP contribution is 2.30. The normalized spacial score (nSPS) is 15.3. The molecule has 1 saturated carbocycles. The molecule has 0 bridgehead atoms. The number of imidazole rings is 1. The van der Waals surface area contributed by atoms with Crippen molar-refractivity contribution in [1.82, 2.24) is 15.0 Å². The smallest absolute Gasteiger partial charge is 0.197 e. The summed E-state index contributed by atoms with van der Waals surface area (Å²) in [6.07, 6.45) is 4.22. The fraction of sp³-hybridized carbons (Fsp3) is 0.368. The number of aromatic amines is 1. The Kier molecular flexibility index (Phi) is 4.99. The number of benzene rings is 1. The third-order valence-corrected chi connectivity index (χ3v) is 5.54. The van der Waals surface area contributed by atoms with Crippen LogP contribution in [0.5, 0.6) is 5.75 Å². The number of nitrogens with zero attached hydrogens (tertiary/aromatic N) is 2. The van der Waals surface area contributed by atoms with Gasteiger partial charge >= 0.3 is 0 Å². The van der Waals surface area contributed by atoms with Gasteiger partial charge in [-0.15, -0.1) is 0 Å². The number of nitrogens with one attached hydrogen (secondary N) is 1. The van der Waals surface area contributed by atoms with Crippen LogP contribution in [-0.4, -0.2) is 32.9 Å². The Morgan fingerprint density at radius 3 is 3.00 bits per heavy atom. The number of hydrogen-bond donors (Lipinski definition) is 1. The van der Waals surface area contributed by atoms with E-state index in [1.165, 1.54) is 12.8 Å². The van der Waals surface area contributed by atoms with Gasteiger partial charge in [-0.25, -0.2) is 4.98 Å². The highest BCUT2D eigenvalue weighted by atomic mass is 32.2. The van der Waals surface area contributed by atoms with Crippen molar-refractivity contribution in [3.63, 3.8) is 0 Å². The Labute approximate surface area is 154 Å². The molecule has 2 heterocycles. The van der Waals surface area contributed by atoms with Gasteiger partial charge in [0.25, 0.3) is 0 Å². The van der Waals surface area contributed by atoms with Crippen LogP contribution >= 0.6 is 0 Å². The fourth-order valence-electron chi connectivity index (χ4n) is 2.74. The van der Waals surface area contributed by atoms with Crippen molar-refractivity contribution >= 4 is 21.8 Å². The van der Waals surface area contributed by atoms with Crippen molar-refractivity contribution in [2.45, 2.75) is 30.4 Å². The zero-order valence-electron chi connectivity index (χ0n) is 14.6. The second kappa shape index (κ2) is 7.55. The molecule has 4 rings (SSSR count). The highest BCUT2D eigenvalue weighted by Gasteiger charge is 2.22. The average molecular weight is 371 g/mol. The van der Waals surface area contributed by atoms with Gasteiger partial charge in [-0.1, -0.05) is 6.07 Å². The molecule has 0 saturated heterocycles. The number of fused-ring (bicyclic) bond motifs is 1. The molecule has 136 valence electrons. The van der Waals surface area contributed by atoms with Crippen LogP contribution in [0.15, 0.2) is 41.7 Å². The van der Waals surface area contributed by atoms with Crippen molar-refractivity contribution in [3.05, 3.63) is 47.8 Å². The third-order valence-electron chi connectivity index (χ3n) is 4.38. The van der Waals surface area contributed by atoms with Crippen LogP contribution in [0.3, 0.4) is 0 Å². The molecule has 1 fully saturated rings. The van der Waals surface area contributed by atoms with E-state index in [2.05, 4.69) is 15.0 Å². The summed E-state index contributed by atoms with van der Waals surface area (Å²) in [7, 11) is 0.321. The third kappa shape index (κ3) is 3.94. The molecular formula is C19H21N3O3S. The van der Waals surface area contributed by atoms with Crippen LogP contribution in [-0.2, 0) is 27.9 Å². The number of hydrogen-bond acceptors (Lipinski definition) is 5. The molecule has 1 aliphatic carbocycles. The maximum absolute atomic E-state index is 12.8. The first-order valence-corrected chi connectivity index (χ1v) is 9.97. The van der Waals surface area contributed by atoms with E-state index in [1.807, 2.05) is 30.3 Å². The van der Waals surface area contributed by atoms with Crippen molar-refractivity contribution in [2.75, 3.05) is 13.7 Å². The first-order chi connectivity index (χ1) is 12.7. The predicted molar refractivity (Wildman–Crippen MR) is 99.4 cm³/mol. The lowest BCUT2D eigenvalue weighted by atomic mass is 10.2. The molecule has 0 radical (unpaired) electrons. The number of methoxy groups -OCH3 is 1. The van der Waals surface area contributed by atoms with E-state index in [4.69, 9.17) is 9.47 Å². The van der Waals surface area contributed by atoms with Gasteiger partial charge in [0, 0.05) is 24.9 Å². The number of aromatic nitrogens is 3. The summed E-state index contributed by atoms with van der Waals surface area (Å²) in [6, 6.07) is 9.51. The number of rotatable bonds is 8. The standard InChI is InChI=1S/C19H21N3O3S/c1-24-11-14-3-2-8-20-18(14)12-26(23)19-21-16-7-6-15(9-17(16)22-19)25-10-13-4-5-13/h2-3,6-9,13H,4-5,10-12H2,1H3,(H,21,22). The van der Waals surface area contributed by atoms with Crippen LogP contribution in [0.25, 0.3) is 11.0 Å². The lowest BCUT2D eigenvalue weighted by Crippen LogP contribution is -2.04. The Balaban J connectivity index is 1.51. The Hall–Kier alpha value is -2.25. The molecule has 1 aliphatic rings. The zero-order chi connectivity index (χ0) is 17.9. The van der Waals surface area contributed by atoms with E-state index in [-0.39, 0.29) is 0 Å². The Morgan fingerprint density at radius 1 is 1.31 bits per heavy atom. The quantitative estimate of drug-likeness (QED) is 0.658. The minimum Gasteiger partial charge on any atom is -0.493 e. The summed E-state index contributed by atoms with van der Waals surface area (Å²) in [5, 5.41) is 0.452. The summed E-state index contributed by atoms with van der Waals surface area (Å²) >= 11 is 0. The van der Waals surface area contributed by atoms with E-state index in [0.29, 0.717) is 23.4 Å². The summed E-state index contributed by atoms with van der Waals surface area (Å²) in [4.78, 5) is 12.0. The van der Waals surface area contributed by atoms with E-state index in [0.717, 1.165) is 34.6 Å². The van der Waals surface area contributed by atoms with Gasteiger partial charge in [0.1, 0.15) is 5.75 Å². The van der Waals surface area contributed by atoms with E-state index in [9.17, 15) is 4.21 Å². The van der Waals surface area contributed by atoms with Crippen LogP contribution in [0, 0.1) is 5.92 Å². The van der Waals surface area contributed by atoms with E-state index in [1.54, 1.807) is 13.3 Å². The minimum absolute atomic E-state index is 0.296. The van der Waals surface area contributed by atoms with Crippen molar-refractivity contribution in [2.24, 2.45) is 5.92 Å². The molecule has 3 aromatic rings. The predicted octanol–water partition coefficient (Wildman–Crippen LogP) is 3.20. The van der Waals surface area contributed by atoms with E-state index < -0.39 is 10.8 Å². The number of H-pyrrole nitrogens is 1. The highest BCUT2D eigenvalue weighted by molar-refractivity contribution is 7.84. The molecule has 7 heteroatoms. The molecule has 1 N–H and O–H groups in total. The summed E-state index contributed by atoms with van der Waals surface area (Å²) in [6.45, 7) is 1.21. The molecular weight excluding hydrogens is 350 g/mol.